The summed E-state index contributed by atoms with van der Waals surface area (Å²) in [4.78, 5) is 1.46. The Bertz CT molecular complexity index is 419. The van der Waals surface area contributed by atoms with Crippen LogP contribution >= 0.6 is 0 Å². The van der Waals surface area contributed by atoms with Gasteiger partial charge in [-0.2, -0.15) is 13.2 Å². The lowest BCUT2D eigenvalue weighted by molar-refractivity contribution is -0.137. The molecule has 1 aromatic carbocycles. The summed E-state index contributed by atoms with van der Waals surface area (Å²) >= 11 is 0. The lowest BCUT2D eigenvalue weighted by atomic mass is 10.1. The van der Waals surface area contributed by atoms with Crippen LogP contribution in [0.25, 0.3) is 0 Å². The first-order valence-electron chi connectivity index (χ1n) is 5.96. The van der Waals surface area contributed by atoms with Gasteiger partial charge in [-0.3, -0.25) is 0 Å². The van der Waals surface area contributed by atoms with Crippen molar-refractivity contribution in [2.75, 3.05) is 18.5 Å². The highest BCUT2D eigenvalue weighted by Gasteiger charge is 2.34. The summed E-state index contributed by atoms with van der Waals surface area (Å²) in [6.45, 7) is 1.48. The van der Waals surface area contributed by atoms with Crippen molar-refractivity contribution < 1.29 is 23.4 Å². The molecule has 0 saturated carbocycles. The maximum Gasteiger partial charge on any atom is 0.418 e. The Kier molecular flexibility index (Phi) is 5.20. The Morgan fingerprint density at radius 1 is 1.32 bits per heavy atom. The highest BCUT2D eigenvalue weighted by atomic mass is 19.4. The molecule has 0 aromatic heterocycles. The van der Waals surface area contributed by atoms with Crippen molar-refractivity contribution in [1.29, 1.82) is 0 Å². The third-order valence-electron chi connectivity index (χ3n) is 2.84. The van der Waals surface area contributed by atoms with Crippen LogP contribution in [0.2, 0.25) is 0 Å². The molecule has 0 aliphatic heterocycles. The molecule has 19 heavy (non-hydrogen) atoms. The number of alkyl halides is 3. The van der Waals surface area contributed by atoms with Gasteiger partial charge in [0.15, 0.2) is 0 Å². The van der Waals surface area contributed by atoms with Gasteiger partial charge in [0.25, 0.3) is 0 Å². The molecule has 0 spiro atoms. The normalized spacial score (nSPS) is 13.4. The first kappa shape index (κ1) is 15.8. The quantitative estimate of drug-likeness (QED) is 0.868. The zero-order valence-electron chi connectivity index (χ0n) is 10.9. The largest absolute Gasteiger partial charge is 0.418 e. The Hall–Kier alpha value is -1.27. The van der Waals surface area contributed by atoms with Gasteiger partial charge in [0.2, 0.25) is 0 Å². The number of hydrogen-bond acceptors (Lipinski definition) is 3. The fourth-order valence-electron chi connectivity index (χ4n) is 1.74. The van der Waals surface area contributed by atoms with Gasteiger partial charge in [0.05, 0.1) is 18.3 Å². The summed E-state index contributed by atoms with van der Waals surface area (Å²) in [6.07, 6.45) is -4.65. The molecule has 1 unspecified atom stereocenters. The second-order valence-electron chi connectivity index (χ2n) is 4.57. The monoisotopic (exact) mass is 277 g/mol. The summed E-state index contributed by atoms with van der Waals surface area (Å²) in [7, 11) is 1.55. The van der Waals surface area contributed by atoms with E-state index in [-0.39, 0.29) is 11.3 Å². The van der Waals surface area contributed by atoms with E-state index in [1.54, 1.807) is 14.0 Å². The van der Waals surface area contributed by atoms with Gasteiger partial charge < -0.3 is 15.1 Å². The van der Waals surface area contributed by atoms with Crippen LogP contribution in [0.5, 0.6) is 0 Å². The predicted molar refractivity (Wildman–Crippen MR) is 66.9 cm³/mol. The van der Waals surface area contributed by atoms with Crippen LogP contribution in [-0.2, 0) is 12.8 Å². The Labute approximate surface area is 110 Å². The Morgan fingerprint density at radius 3 is 2.42 bits per heavy atom. The summed E-state index contributed by atoms with van der Waals surface area (Å²) < 4.78 is 38.9. The number of benzene rings is 1. The van der Waals surface area contributed by atoms with Crippen molar-refractivity contribution in [2.45, 2.75) is 32.2 Å². The molecule has 0 bridgehead atoms. The lowest BCUT2D eigenvalue weighted by Crippen LogP contribution is -2.24. The molecule has 0 saturated heterocycles. The minimum absolute atomic E-state index is 0.0466. The van der Waals surface area contributed by atoms with E-state index in [1.807, 2.05) is 0 Å². The van der Waals surface area contributed by atoms with E-state index in [1.165, 1.54) is 17.0 Å². The predicted octanol–water partition coefficient (Wildman–Crippen LogP) is 2.40. The van der Waals surface area contributed by atoms with Gasteiger partial charge in [-0.05, 0) is 31.0 Å². The molecule has 6 heteroatoms. The van der Waals surface area contributed by atoms with Gasteiger partial charge in [-0.25, -0.2) is 0 Å². The first-order valence-corrected chi connectivity index (χ1v) is 5.96. The Balaban J connectivity index is 3.05. The van der Waals surface area contributed by atoms with E-state index in [0.717, 1.165) is 6.07 Å². The minimum atomic E-state index is -4.47. The zero-order chi connectivity index (χ0) is 14.6. The molecule has 0 fully saturated rings. The summed E-state index contributed by atoms with van der Waals surface area (Å²) in [5, 5.41) is 18.1. The third kappa shape index (κ3) is 4.40. The van der Waals surface area contributed by atoms with E-state index in [2.05, 4.69) is 0 Å². The van der Waals surface area contributed by atoms with Crippen LogP contribution in [0.1, 0.15) is 24.5 Å². The van der Waals surface area contributed by atoms with Crippen LogP contribution in [0.4, 0.5) is 18.9 Å². The SMILES string of the molecule is CC(O)CCN(C)c1ccc(CO)cc1C(F)(F)F. The number of anilines is 1. The molecule has 0 aliphatic rings. The van der Waals surface area contributed by atoms with Gasteiger partial charge in [0, 0.05) is 19.3 Å². The van der Waals surface area contributed by atoms with Gasteiger partial charge in [0.1, 0.15) is 0 Å². The first-order chi connectivity index (χ1) is 8.75. The van der Waals surface area contributed by atoms with Gasteiger partial charge in [-0.15, -0.1) is 0 Å². The van der Waals surface area contributed by atoms with Crippen molar-refractivity contribution in [3.63, 3.8) is 0 Å². The zero-order valence-corrected chi connectivity index (χ0v) is 10.9. The fraction of sp³-hybridized carbons (Fsp3) is 0.538. The van der Waals surface area contributed by atoms with Crippen LogP contribution < -0.4 is 4.90 Å². The number of nitrogens with zero attached hydrogens (tertiary/aromatic N) is 1. The second-order valence-corrected chi connectivity index (χ2v) is 4.57. The van der Waals surface area contributed by atoms with Crippen molar-refractivity contribution in [3.05, 3.63) is 29.3 Å². The standard InChI is InChI=1S/C13H18F3NO2/c1-9(19)5-6-17(2)12-4-3-10(8-18)7-11(12)13(14,15)16/h3-4,7,9,18-19H,5-6,8H2,1-2H3. The maximum atomic E-state index is 13.0. The molecule has 1 aromatic rings. The molecular weight excluding hydrogens is 259 g/mol. The third-order valence-corrected chi connectivity index (χ3v) is 2.84. The van der Waals surface area contributed by atoms with Crippen molar-refractivity contribution in [3.8, 4) is 0 Å². The van der Waals surface area contributed by atoms with E-state index >= 15 is 0 Å². The van der Waals surface area contributed by atoms with Crippen LogP contribution in [0, 0.1) is 0 Å². The molecule has 2 N–H and O–H groups in total. The highest BCUT2D eigenvalue weighted by Crippen LogP contribution is 2.37. The number of aliphatic hydroxyl groups is 2. The molecule has 0 heterocycles. The molecule has 0 radical (unpaired) electrons. The van der Waals surface area contributed by atoms with Crippen LogP contribution in [0.15, 0.2) is 18.2 Å². The number of halogens is 3. The average molecular weight is 277 g/mol. The number of aliphatic hydroxyl groups excluding tert-OH is 2. The summed E-state index contributed by atoms with van der Waals surface area (Å²) in [6, 6.07) is 3.76. The summed E-state index contributed by atoms with van der Waals surface area (Å²) in [5.74, 6) is 0. The minimum Gasteiger partial charge on any atom is -0.393 e. The molecule has 3 nitrogen and oxygen atoms in total. The number of hydrogen-bond donors (Lipinski definition) is 2. The van der Waals surface area contributed by atoms with Gasteiger partial charge in [-0.1, -0.05) is 6.07 Å². The topological polar surface area (TPSA) is 43.7 Å². The molecule has 108 valence electrons. The van der Waals surface area contributed by atoms with Crippen LogP contribution in [0.3, 0.4) is 0 Å². The van der Waals surface area contributed by atoms with Crippen molar-refractivity contribution in [1.82, 2.24) is 0 Å². The van der Waals surface area contributed by atoms with Crippen molar-refractivity contribution >= 4 is 5.69 Å². The average Bonchev–Trinajstić information content (AvgIpc) is 2.34. The highest BCUT2D eigenvalue weighted by molar-refractivity contribution is 5.55. The second kappa shape index (κ2) is 6.25. The number of rotatable bonds is 5. The van der Waals surface area contributed by atoms with Gasteiger partial charge >= 0.3 is 6.18 Å². The van der Waals surface area contributed by atoms with E-state index in [4.69, 9.17) is 5.11 Å². The molecule has 0 aliphatic carbocycles. The van der Waals surface area contributed by atoms with E-state index in [9.17, 15) is 18.3 Å². The lowest BCUT2D eigenvalue weighted by Gasteiger charge is -2.24. The molecule has 1 atom stereocenters. The maximum absolute atomic E-state index is 13.0. The fourth-order valence-corrected chi connectivity index (χ4v) is 1.74. The smallest absolute Gasteiger partial charge is 0.393 e. The Morgan fingerprint density at radius 2 is 1.95 bits per heavy atom. The molecule has 0 amide bonds. The summed E-state index contributed by atoms with van der Waals surface area (Å²) in [5.41, 5.74) is -0.502. The van der Waals surface area contributed by atoms with Crippen molar-refractivity contribution in [2.24, 2.45) is 0 Å². The van der Waals surface area contributed by atoms with E-state index < -0.39 is 24.5 Å². The molecule has 1 rings (SSSR count). The molecular formula is C13H18F3NO2. The van der Waals surface area contributed by atoms with Crippen LogP contribution in [-0.4, -0.2) is 29.9 Å². The van der Waals surface area contributed by atoms with E-state index in [0.29, 0.717) is 13.0 Å².